The van der Waals surface area contributed by atoms with Gasteiger partial charge in [0, 0.05) is 23.1 Å². The summed E-state index contributed by atoms with van der Waals surface area (Å²) in [5.41, 5.74) is 4.14. The highest BCUT2D eigenvalue weighted by atomic mass is 32.1. The molecule has 0 bridgehead atoms. The maximum atomic E-state index is 12.5. The Morgan fingerprint density at radius 2 is 1.67 bits per heavy atom. The molecule has 3 aromatic carbocycles. The summed E-state index contributed by atoms with van der Waals surface area (Å²) in [7, 11) is 0. The van der Waals surface area contributed by atoms with Gasteiger partial charge in [0.05, 0.1) is 0 Å². The molecule has 1 aromatic heterocycles. The van der Waals surface area contributed by atoms with Gasteiger partial charge in [-0.2, -0.15) is 0 Å². The number of ether oxygens (including phenoxy) is 1. The molecule has 0 fully saturated rings. The van der Waals surface area contributed by atoms with E-state index >= 15 is 0 Å². The molecule has 5 heteroatoms. The first-order valence-electron chi connectivity index (χ1n) is 9.74. The number of nitrogens with one attached hydrogen (secondary N) is 1. The minimum atomic E-state index is -0.180. The SMILES string of the molecule is Cc1ccc(Cc2cnc(NC(=O)c3ccc(OCc4ccccc4)cc3)s2)cc1. The number of carbonyl (C=O) groups excluding carboxylic acids is 1. The monoisotopic (exact) mass is 414 g/mol. The summed E-state index contributed by atoms with van der Waals surface area (Å²) in [6, 6.07) is 25.6. The molecule has 0 aliphatic heterocycles. The van der Waals surface area contributed by atoms with Crippen LogP contribution in [0.5, 0.6) is 5.75 Å². The van der Waals surface area contributed by atoms with Crippen LogP contribution in [0.4, 0.5) is 5.13 Å². The molecule has 0 aliphatic rings. The van der Waals surface area contributed by atoms with Crippen LogP contribution < -0.4 is 10.1 Å². The van der Waals surface area contributed by atoms with E-state index in [-0.39, 0.29) is 5.91 Å². The topological polar surface area (TPSA) is 51.2 Å². The summed E-state index contributed by atoms with van der Waals surface area (Å²) < 4.78 is 5.77. The van der Waals surface area contributed by atoms with Gasteiger partial charge in [-0.25, -0.2) is 4.98 Å². The summed E-state index contributed by atoms with van der Waals surface area (Å²) in [6.45, 7) is 2.57. The third-order valence-electron chi connectivity index (χ3n) is 4.64. The van der Waals surface area contributed by atoms with E-state index in [1.54, 1.807) is 12.1 Å². The van der Waals surface area contributed by atoms with Gasteiger partial charge in [0.2, 0.25) is 0 Å². The van der Waals surface area contributed by atoms with E-state index in [4.69, 9.17) is 4.74 Å². The van der Waals surface area contributed by atoms with Crippen molar-refractivity contribution in [2.45, 2.75) is 20.0 Å². The van der Waals surface area contributed by atoms with Crippen molar-refractivity contribution in [3.63, 3.8) is 0 Å². The molecule has 0 atom stereocenters. The van der Waals surface area contributed by atoms with Crippen molar-refractivity contribution in [3.05, 3.63) is 112 Å². The van der Waals surface area contributed by atoms with Crippen LogP contribution in [0, 0.1) is 6.92 Å². The van der Waals surface area contributed by atoms with Crippen LogP contribution in [0.15, 0.2) is 85.1 Å². The van der Waals surface area contributed by atoms with Crippen LogP contribution in [0.2, 0.25) is 0 Å². The molecule has 1 amide bonds. The fourth-order valence-corrected chi connectivity index (χ4v) is 3.81. The normalized spacial score (nSPS) is 10.6. The van der Waals surface area contributed by atoms with Gasteiger partial charge in [-0.05, 0) is 42.3 Å². The van der Waals surface area contributed by atoms with Gasteiger partial charge in [0.25, 0.3) is 5.91 Å². The van der Waals surface area contributed by atoms with Crippen LogP contribution in [0.1, 0.15) is 31.9 Å². The Bertz CT molecular complexity index is 1100. The molecular formula is C25H22N2O2S. The minimum absolute atomic E-state index is 0.180. The lowest BCUT2D eigenvalue weighted by molar-refractivity contribution is 0.102. The highest BCUT2D eigenvalue weighted by molar-refractivity contribution is 7.15. The molecule has 0 spiro atoms. The van der Waals surface area contributed by atoms with E-state index in [0.29, 0.717) is 17.3 Å². The molecule has 1 heterocycles. The Kier molecular flexibility index (Phi) is 6.20. The molecule has 0 saturated carbocycles. The third-order valence-corrected chi connectivity index (χ3v) is 5.55. The number of nitrogens with zero attached hydrogens (tertiary/aromatic N) is 1. The number of hydrogen-bond donors (Lipinski definition) is 1. The average molecular weight is 415 g/mol. The lowest BCUT2D eigenvalue weighted by atomic mass is 10.1. The first kappa shape index (κ1) is 19.9. The number of carbonyl (C=O) groups is 1. The maximum Gasteiger partial charge on any atom is 0.257 e. The van der Waals surface area contributed by atoms with Gasteiger partial charge < -0.3 is 4.74 Å². The van der Waals surface area contributed by atoms with Crippen LogP contribution in [-0.2, 0) is 13.0 Å². The van der Waals surface area contributed by atoms with Crippen molar-refractivity contribution in [1.29, 1.82) is 0 Å². The van der Waals surface area contributed by atoms with Crippen molar-refractivity contribution in [1.82, 2.24) is 4.98 Å². The van der Waals surface area contributed by atoms with E-state index in [1.165, 1.54) is 22.5 Å². The van der Waals surface area contributed by atoms with Crippen LogP contribution in [0.3, 0.4) is 0 Å². The Hall–Kier alpha value is -3.44. The van der Waals surface area contributed by atoms with Crippen LogP contribution in [-0.4, -0.2) is 10.9 Å². The van der Waals surface area contributed by atoms with Crippen molar-refractivity contribution >= 4 is 22.4 Å². The van der Waals surface area contributed by atoms with E-state index in [9.17, 15) is 4.79 Å². The van der Waals surface area contributed by atoms with Crippen LogP contribution >= 0.6 is 11.3 Å². The molecule has 4 rings (SSSR count). The van der Waals surface area contributed by atoms with Gasteiger partial charge in [0.1, 0.15) is 12.4 Å². The van der Waals surface area contributed by atoms with Gasteiger partial charge in [-0.1, -0.05) is 60.2 Å². The first-order valence-corrected chi connectivity index (χ1v) is 10.6. The van der Waals surface area contributed by atoms with Gasteiger partial charge in [0.15, 0.2) is 5.13 Å². The predicted octanol–water partition coefficient (Wildman–Crippen LogP) is 5.87. The second-order valence-electron chi connectivity index (χ2n) is 7.05. The third kappa shape index (κ3) is 5.33. The van der Waals surface area contributed by atoms with Crippen molar-refractivity contribution in [2.24, 2.45) is 0 Å². The molecule has 0 unspecified atom stereocenters. The highest BCUT2D eigenvalue weighted by Gasteiger charge is 2.10. The first-order chi connectivity index (χ1) is 14.7. The number of aryl methyl sites for hydroxylation is 1. The summed E-state index contributed by atoms with van der Waals surface area (Å²) in [4.78, 5) is 18.0. The molecule has 0 radical (unpaired) electrons. The zero-order chi connectivity index (χ0) is 20.8. The number of amides is 1. The lowest BCUT2D eigenvalue weighted by Gasteiger charge is -2.07. The van der Waals surface area contributed by atoms with Crippen molar-refractivity contribution in [2.75, 3.05) is 5.32 Å². The summed E-state index contributed by atoms with van der Waals surface area (Å²) in [6.07, 6.45) is 2.63. The van der Waals surface area contributed by atoms with Gasteiger partial charge >= 0.3 is 0 Å². The minimum Gasteiger partial charge on any atom is -0.489 e. The Balaban J connectivity index is 1.32. The Labute approximate surface area is 180 Å². The number of aromatic nitrogens is 1. The molecule has 1 N–H and O–H groups in total. The zero-order valence-corrected chi connectivity index (χ0v) is 17.5. The standard InChI is InChI=1S/C25H22N2O2S/c1-18-7-9-19(10-8-18)15-23-16-26-25(30-23)27-24(28)21-11-13-22(14-12-21)29-17-20-5-3-2-4-6-20/h2-14,16H,15,17H2,1H3,(H,26,27,28). The Morgan fingerprint density at radius 1 is 0.933 bits per heavy atom. The summed E-state index contributed by atoms with van der Waals surface area (Å²) in [5.74, 6) is 0.547. The molecule has 4 nitrogen and oxygen atoms in total. The number of anilines is 1. The van der Waals surface area contributed by atoms with Crippen molar-refractivity contribution in [3.8, 4) is 5.75 Å². The second kappa shape index (κ2) is 9.37. The lowest BCUT2D eigenvalue weighted by Crippen LogP contribution is -2.11. The largest absolute Gasteiger partial charge is 0.489 e. The molecule has 0 aliphatic carbocycles. The molecule has 30 heavy (non-hydrogen) atoms. The Morgan fingerprint density at radius 3 is 2.40 bits per heavy atom. The number of benzene rings is 3. The quantitative estimate of drug-likeness (QED) is 0.411. The van der Waals surface area contributed by atoms with Gasteiger partial charge in [-0.3, -0.25) is 10.1 Å². The fraction of sp³-hybridized carbons (Fsp3) is 0.120. The van der Waals surface area contributed by atoms with Crippen molar-refractivity contribution < 1.29 is 9.53 Å². The van der Waals surface area contributed by atoms with Crippen LogP contribution in [0.25, 0.3) is 0 Å². The number of rotatable bonds is 7. The van der Waals surface area contributed by atoms with E-state index in [1.807, 2.05) is 48.7 Å². The number of thiazole rings is 1. The molecular weight excluding hydrogens is 392 g/mol. The van der Waals surface area contributed by atoms with E-state index < -0.39 is 0 Å². The average Bonchev–Trinajstić information content (AvgIpc) is 3.21. The number of hydrogen-bond acceptors (Lipinski definition) is 4. The smallest absolute Gasteiger partial charge is 0.257 e. The van der Waals surface area contributed by atoms with E-state index in [2.05, 4.69) is 41.5 Å². The van der Waals surface area contributed by atoms with Gasteiger partial charge in [-0.15, -0.1) is 11.3 Å². The highest BCUT2D eigenvalue weighted by Crippen LogP contribution is 2.22. The fourth-order valence-electron chi connectivity index (χ4n) is 2.97. The second-order valence-corrected chi connectivity index (χ2v) is 8.16. The zero-order valence-electron chi connectivity index (χ0n) is 16.7. The predicted molar refractivity (Wildman–Crippen MR) is 121 cm³/mol. The molecule has 4 aromatic rings. The summed E-state index contributed by atoms with van der Waals surface area (Å²) >= 11 is 1.50. The maximum absolute atomic E-state index is 12.5. The molecule has 150 valence electrons. The molecule has 0 saturated heterocycles. The summed E-state index contributed by atoms with van der Waals surface area (Å²) in [5, 5.41) is 3.48. The van der Waals surface area contributed by atoms with E-state index in [0.717, 1.165) is 22.6 Å².